The van der Waals surface area contributed by atoms with Crippen molar-refractivity contribution in [3.63, 3.8) is 0 Å². The van der Waals surface area contributed by atoms with E-state index in [2.05, 4.69) is 0 Å². The van der Waals surface area contributed by atoms with Gasteiger partial charge < -0.3 is 15.1 Å². The van der Waals surface area contributed by atoms with Gasteiger partial charge in [0.1, 0.15) is 5.75 Å². The number of aliphatic hydroxyl groups excluding tert-OH is 1. The molecule has 0 bridgehead atoms. The van der Waals surface area contributed by atoms with Crippen LogP contribution in [-0.4, -0.2) is 40.2 Å². The minimum Gasteiger partial charge on any atom is -0.507 e. The molecule has 0 saturated carbocycles. The Kier molecular flexibility index (Phi) is 3.10. The maximum atomic E-state index is 12.0. The van der Waals surface area contributed by atoms with Crippen molar-refractivity contribution in [2.45, 2.75) is 18.9 Å². The lowest BCUT2D eigenvalue weighted by molar-refractivity contribution is 0.0471. The number of likely N-dealkylation sites (tertiary alicyclic amines) is 1. The molecule has 1 amide bonds. The topological polar surface area (TPSA) is 60.8 Å². The van der Waals surface area contributed by atoms with Gasteiger partial charge in [-0.2, -0.15) is 0 Å². The lowest BCUT2D eigenvalue weighted by Crippen LogP contribution is -2.42. The van der Waals surface area contributed by atoms with Gasteiger partial charge in [0.05, 0.1) is 11.7 Å². The molecule has 4 nitrogen and oxygen atoms in total. The summed E-state index contributed by atoms with van der Waals surface area (Å²) in [6, 6.07) is 6.48. The number of benzene rings is 1. The van der Waals surface area contributed by atoms with Crippen LogP contribution in [0.2, 0.25) is 0 Å². The first-order chi connectivity index (χ1) is 7.68. The summed E-state index contributed by atoms with van der Waals surface area (Å²) in [4.78, 5) is 13.6. The minimum atomic E-state index is -0.441. The molecule has 0 aliphatic carbocycles. The van der Waals surface area contributed by atoms with Crippen LogP contribution < -0.4 is 0 Å². The van der Waals surface area contributed by atoms with Crippen molar-refractivity contribution in [1.82, 2.24) is 4.90 Å². The summed E-state index contributed by atoms with van der Waals surface area (Å²) in [7, 11) is 0. The fraction of sp³-hybridized carbons (Fsp3) is 0.417. The molecule has 0 radical (unpaired) electrons. The van der Waals surface area contributed by atoms with Crippen LogP contribution in [-0.2, 0) is 0 Å². The van der Waals surface area contributed by atoms with Crippen molar-refractivity contribution >= 4 is 5.91 Å². The van der Waals surface area contributed by atoms with E-state index in [0.29, 0.717) is 18.7 Å². The highest BCUT2D eigenvalue weighted by Crippen LogP contribution is 2.20. The number of hydrogen-bond acceptors (Lipinski definition) is 3. The summed E-state index contributed by atoms with van der Waals surface area (Å²) < 4.78 is 0. The normalized spacial score (nSPS) is 20.8. The molecule has 1 fully saturated rings. The number of aromatic hydroxyl groups is 1. The van der Waals surface area contributed by atoms with Gasteiger partial charge in [0, 0.05) is 13.1 Å². The van der Waals surface area contributed by atoms with Crippen LogP contribution in [0, 0.1) is 0 Å². The van der Waals surface area contributed by atoms with Crippen LogP contribution in [0.25, 0.3) is 0 Å². The SMILES string of the molecule is O=C(c1ccccc1O)N1CCCC(O)C1. The number of β-amino-alcohol motifs (C(OH)–C–C–N with tert-alkyl or cyclic N) is 1. The summed E-state index contributed by atoms with van der Waals surface area (Å²) in [5.74, 6) is -0.218. The lowest BCUT2D eigenvalue weighted by atomic mass is 10.1. The largest absolute Gasteiger partial charge is 0.507 e. The summed E-state index contributed by atoms with van der Waals surface area (Å²) in [5.41, 5.74) is 0.302. The number of piperidine rings is 1. The van der Waals surface area contributed by atoms with Crippen LogP contribution in [0.5, 0.6) is 5.75 Å². The van der Waals surface area contributed by atoms with E-state index < -0.39 is 6.10 Å². The summed E-state index contributed by atoms with van der Waals surface area (Å²) in [6.07, 6.45) is 1.11. The van der Waals surface area contributed by atoms with Gasteiger partial charge in [-0.05, 0) is 25.0 Å². The average Bonchev–Trinajstić information content (AvgIpc) is 2.29. The fourth-order valence-corrected chi connectivity index (χ4v) is 1.96. The van der Waals surface area contributed by atoms with E-state index in [1.165, 1.54) is 6.07 Å². The van der Waals surface area contributed by atoms with E-state index in [-0.39, 0.29) is 11.7 Å². The minimum absolute atomic E-state index is 0.00689. The molecule has 86 valence electrons. The Morgan fingerprint density at radius 3 is 2.81 bits per heavy atom. The van der Waals surface area contributed by atoms with E-state index in [0.717, 1.165) is 12.8 Å². The van der Waals surface area contributed by atoms with Gasteiger partial charge in [-0.15, -0.1) is 0 Å². The van der Waals surface area contributed by atoms with Crippen molar-refractivity contribution in [2.75, 3.05) is 13.1 Å². The number of aliphatic hydroxyl groups is 1. The van der Waals surface area contributed by atoms with Crippen LogP contribution in [0.1, 0.15) is 23.2 Å². The number of phenols is 1. The van der Waals surface area contributed by atoms with E-state index in [4.69, 9.17) is 0 Å². The molecule has 0 aromatic heterocycles. The van der Waals surface area contributed by atoms with E-state index >= 15 is 0 Å². The Morgan fingerprint density at radius 2 is 2.12 bits per heavy atom. The third-order valence-electron chi connectivity index (χ3n) is 2.82. The first-order valence-corrected chi connectivity index (χ1v) is 5.44. The second-order valence-corrected chi connectivity index (χ2v) is 4.06. The molecular formula is C12H15NO3. The highest BCUT2D eigenvalue weighted by molar-refractivity contribution is 5.96. The molecule has 1 saturated heterocycles. The third-order valence-corrected chi connectivity index (χ3v) is 2.82. The Morgan fingerprint density at radius 1 is 1.38 bits per heavy atom. The zero-order valence-electron chi connectivity index (χ0n) is 8.97. The molecule has 1 aromatic carbocycles. The predicted octanol–water partition coefficient (Wildman–Crippen LogP) is 0.989. The first-order valence-electron chi connectivity index (χ1n) is 5.44. The number of carbonyl (C=O) groups is 1. The molecule has 1 aromatic rings. The Labute approximate surface area is 94.1 Å². The molecule has 1 aliphatic rings. The smallest absolute Gasteiger partial charge is 0.257 e. The van der Waals surface area contributed by atoms with Crippen LogP contribution in [0.15, 0.2) is 24.3 Å². The maximum Gasteiger partial charge on any atom is 0.257 e. The molecule has 16 heavy (non-hydrogen) atoms. The molecular weight excluding hydrogens is 206 g/mol. The Bertz CT molecular complexity index is 392. The maximum absolute atomic E-state index is 12.0. The van der Waals surface area contributed by atoms with Gasteiger partial charge in [0.15, 0.2) is 0 Å². The highest BCUT2D eigenvalue weighted by atomic mass is 16.3. The molecule has 1 unspecified atom stereocenters. The number of nitrogens with zero attached hydrogens (tertiary/aromatic N) is 1. The average molecular weight is 221 g/mol. The monoisotopic (exact) mass is 221 g/mol. The van der Waals surface area contributed by atoms with Gasteiger partial charge in [0.2, 0.25) is 0 Å². The van der Waals surface area contributed by atoms with Crippen molar-refractivity contribution in [1.29, 1.82) is 0 Å². The molecule has 1 aliphatic heterocycles. The van der Waals surface area contributed by atoms with Crippen LogP contribution >= 0.6 is 0 Å². The Balaban J connectivity index is 2.16. The van der Waals surface area contributed by atoms with Crippen molar-refractivity contribution in [2.24, 2.45) is 0 Å². The molecule has 1 atom stereocenters. The summed E-state index contributed by atoms with van der Waals surface area (Å²) in [5, 5.41) is 19.1. The second-order valence-electron chi connectivity index (χ2n) is 4.06. The molecule has 0 spiro atoms. The quantitative estimate of drug-likeness (QED) is 0.743. The van der Waals surface area contributed by atoms with Gasteiger partial charge >= 0.3 is 0 Å². The van der Waals surface area contributed by atoms with E-state index in [1.807, 2.05) is 0 Å². The lowest BCUT2D eigenvalue weighted by Gasteiger charge is -2.30. The zero-order chi connectivity index (χ0) is 11.5. The second kappa shape index (κ2) is 4.53. The summed E-state index contributed by atoms with van der Waals surface area (Å²) >= 11 is 0. The zero-order valence-corrected chi connectivity index (χ0v) is 8.97. The van der Waals surface area contributed by atoms with Crippen LogP contribution in [0.4, 0.5) is 0 Å². The van der Waals surface area contributed by atoms with Crippen molar-refractivity contribution in [3.05, 3.63) is 29.8 Å². The van der Waals surface area contributed by atoms with Gasteiger partial charge in [0.25, 0.3) is 5.91 Å². The molecule has 1 heterocycles. The predicted molar refractivity (Wildman–Crippen MR) is 59.3 cm³/mol. The number of rotatable bonds is 1. The number of hydrogen-bond donors (Lipinski definition) is 2. The van der Waals surface area contributed by atoms with E-state index in [1.54, 1.807) is 23.1 Å². The summed E-state index contributed by atoms with van der Waals surface area (Å²) in [6.45, 7) is 0.997. The molecule has 2 rings (SSSR count). The molecule has 2 N–H and O–H groups in total. The van der Waals surface area contributed by atoms with Gasteiger partial charge in [-0.25, -0.2) is 0 Å². The molecule has 4 heteroatoms. The first kappa shape index (κ1) is 11.0. The van der Waals surface area contributed by atoms with E-state index in [9.17, 15) is 15.0 Å². The van der Waals surface area contributed by atoms with Crippen LogP contribution in [0.3, 0.4) is 0 Å². The highest BCUT2D eigenvalue weighted by Gasteiger charge is 2.24. The van der Waals surface area contributed by atoms with Gasteiger partial charge in [-0.3, -0.25) is 4.79 Å². The fourth-order valence-electron chi connectivity index (χ4n) is 1.96. The van der Waals surface area contributed by atoms with Crippen molar-refractivity contribution < 1.29 is 15.0 Å². The third kappa shape index (κ3) is 2.17. The number of carbonyl (C=O) groups excluding carboxylic acids is 1. The number of para-hydroxylation sites is 1. The van der Waals surface area contributed by atoms with Crippen molar-refractivity contribution in [3.8, 4) is 5.75 Å². The van der Waals surface area contributed by atoms with Gasteiger partial charge in [-0.1, -0.05) is 12.1 Å². The standard InChI is InChI=1S/C12H15NO3/c14-9-4-3-7-13(8-9)12(16)10-5-1-2-6-11(10)15/h1-2,5-6,9,14-15H,3-4,7-8H2. The number of phenolic OH excluding ortho intramolecular Hbond substituents is 1. The number of amides is 1. The Hall–Kier alpha value is -1.55.